The van der Waals surface area contributed by atoms with Crippen LogP contribution in [0, 0.1) is 0 Å². The van der Waals surface area contributed by atoms with Crippen LogP contribution < -0.4 is 5.32 Å². The summed E-state index contributed by atoms with van der Waals surface area (Å²) in [5.74, 6) is 0.584. The van der Waals surface area contributed by atoms with Crippen LogP contribution in [0.5, 0.6) is 0 Å². The van der Waals surface area contributed by atoms with E-state index in [9.17, 15) is 0 Å². The molecule has 90 valence electrons. The molecule has 3 nitrogen and oxygen atoms in total. The molecule has 3 aromatic rings. The summed E-state index contributed by atoms with van der Waals surface area (Å²) in [7, 11) is 1.88. The first-order valence-corrected chi connectivity index (χ1v) is 5.99. The number of nitrogens with one attached hydrogen (secondary N) is 1. The summed E-state index contributed by atoms with van der Waals surface area (Å²) < 4.78 is 5.69. The fraction of sp³-hybridized carbons (Fsp3) is 0.0714. The van der Waals surface area contributed by atoms with Gasteiger partial charge in [0.05, 0.1) is 5.02 Å². The molecule has 0 aliphatic heterocycles. The van der Waals surface area contributed by atoms with Crippen LogP contribution in [-0.4, -0.2) is 12.0 Å². The van der Waals surface area contributed by atoms with Crippen molar-refractivity contribution in [2.45, 2.75) is 0 Å². The normalized spacial score (nSPS) is 10.8. The van der Waals surface area contributed by atoms with Gasteiger partial charge < -0.3 is 9.73 Å². The lowest BCUT2D eigenvalue weighted by Gasteiger charge is -1.99. The van der Waals surface area contributed by atoms with Crippen molar-refractivity contribution >= 4 is 28.4 Å². The number of halogens is 1. The zero-order valence-corrected chi connectivity index (χ0v) is 10.5. The van der Waals surface area contributed by atoms with Gasteiger partial charge in [-0.15, -0.1) is 0 Å². The number of aromatic nitrogens is 1. The van der Waals surface area contributed by atoms with E-state index in [-0.39, 0.29) is 0 Å². The van der Waals surface area contributed by atoms with Crippen LogP contribution in [0.25, 0.3) is 22.6 Å². The van der Waals surface area contributed by atoms with Crippen molar-refractivity contribution < 1.29 is 4.42 Å². The second kappa shape index (κ2) is 4.35. The van der Waals surface area contributed by atoms with Crippen molar-refractivity contribution in [2.75, 3.05) is 12.4 Å². The molecule has 0 saturated carbocycles. The van der Waals surface area contributed by atoms with Gasteiger partial charge in [0.15, 0.2) is 5.58 Å². The van der Waals surface area contributed by atoms with Gasteiger partial charge in [-0.1, -0.05) is 17.7 Å². The molecular formula is C14H11ClN2O. The predicted octanol–water partition coefficient (Wildman–Crippen LogP) is 4.19. The summed E-state index contributed by atoms with van der Waals surface area (Å²) >= 11 is 6.06. The average Bonchev–Trinajstić information content (AvgIpc) is 2.84. The molecule has 0 spiro atoms. The molecular weight excluding hydrogens is 248 g/mol. The molecule has 0 amide bonds. The molecule has 18 heavy (non-hydrogen) atoms. The first kappa shape index (κ1) is 11.1. The van der Waals surface area contributed by atoms with Crippen molar-refractivity contribution in [2.24, 2.45) is 0 Å². The zero-order valence-electron chi connectivity index (χ0n) is 9.77. The summed E-state index contributed by atoms with van der Waals surface area (Å²) in [5, 5.41) is 3.65. The highest BCUT2D eigenvalue weighted by Crippen LogP contribution is 2.29. The molecule has 1 aromatic heterocycles. The number of hydrogen-bond acceptors (Lipinski definition) is 3. The van der Waals surface area contributed by atoms with Crippen molar-refractivity contribution in [3.05, 3.63) is 47.5 Å². The lowest BCUT2D eigenvalue weighted by atomic mass is 10.2. The minimum Gasteiger partial charge on any atom is -0.435 e. The maximum atomic E-state index is 6.06. The van der Waals surface area contributed by atoms with Crippen LogP contribution in [0.4, 0.5) is 5.69 Å². The van der Waals surface area contributed by atoms with Crippen molar-refractivity contribution in [3.63, 3.8) is 0 Å². The minimum absolute atomic E-state index is 0.582. The first-order chi connectivity index (χ1) is 8.78. The van der Waals surface area contributed by atoms with Crippen LogP contribution in [0.1, 0.15) is 0 Å². The SMILES string of the molecule is CNc1ccc(-c2nc3cccc(Cl)c3o2)cc1. The Balaban J connectivity index is 2.10. The van der Waals surface area contributed by atoms with E-state index in [1.54, 1.807) is 6.07 Å². The van der Waals surface area contributed by atoms with Gasteiger partial charge in [0, 0.05) is 18.3 Å². The lowest BCUT2D eigenvalue weighted by Crippen LogP contribution is -1.86. The number of nitrogens with zero attached hydrogens (tertiary/aromatic N) is 1. The number of benzene rings is 2. The Labute approximate surface area is 109 Å². The molecule has 0 unspecified atom stereocenters. The number of hydrogen-bond donors (Lipinski definition) is 1. The van der Waals surface area contributed by atoms with Crippen LogP contribution in [0.15, 0.2) is 46.9 Å². The van der Waals surface area contributed by atoms with Crippen molar-refractivity contribution in [1.29, 1.82) is 0 Å². The minimum atomic E-state index is 0.582. The molecule has 0 radical (unpaired) electrons. The van der Waals surface area contributed by atoms with Gasteiger partial charge in [0.1, 0.15) is 5.52 Å². The Morgan fingerprint density at radius 1 is 1.11 bits per heavy atom. The molecule has 4 heteroatoms. The van der Waals surface area contributed by atoms with Crippen LogP contribution in [0.2, 0.25) is 5.02 Å². The molecule has 0 aliphatic carbocycles. The van der Waals surface area contributed by atoms with E-state index >= 15 is 0 Å². The fourth-order valence-corrected chi connectivity index (χ4v) is 2.03. The van der Waals surface area contributed by atoms with Crippen LogP contribution in [0.3, 0.4) is 0 Å². The Morgan fingerprint density at radius 2 is 1.89 bits per heavy atom. The van der Waals surface area contributed by atoms with Gasteiger partial charge in [-0.3, -0.25) is 0 Å². The highest BCUT2D eigenvalue weighted by Gasteiger charge is 2.10. The number of rotatable bonds is 2. The third kappa shape index (κ3) is 1.83. The standard InChI is InChI=1S/C14H11ClN2O/c1-16-10-7-5-9(6-8-10)14-17-12-4-2-3-11(15)13(12)18-14/h2-8,16H,1H3. The lowest BCUT2D eigenvalue weighted by molar-refractivity contribution is 0.620. The highest BCUT2D eigenvalue weighted by atomic mass is 35.5. The molecule has 1 N–H and O–H groups in total. The second-order valence-electron chi connectivity index (χ2n) is 3.93. The maximum absolute atomic E-state index is 6.06. The monoisotopic (exact) mass is 258 g/mol. The smallest absolute Gasteiger partial charge is 0.227 e. The van der Waals surface area contributed by atoms with Gasteiger partial charge in [-0.2, -0.15) is 0 Å². The Bertz CT molecular complexity index is 689. The van der Waals surface area contributed by atoms with Crippen molar-refractivity contribution in [1.82, 2.24) is 4.98 Å². The molecule has 0 saturated heterocycles. The van der Waals surface area contributed by atoms with E-state index in [2.05, 4.69) is 10.3 Å². The fourth-order valence-electron chi connectivity index (χ4n) is 1.82. The molecule has 0 aliphatic rings. The van der Waals surface area contributed by atoms with E-state index in [0.717, 1.165) is 16.8 Å². The van der Waals surface area contributed by atoms with E-state index in [1.165, 1.54) is 0 Å². The Kier molecular flexibility index (Phi) is 2.68. The predicted molar refractivity (Wildman–Crippen MR) is 74.0 cm³/mol. The summed E-state index contributed by atoms with van der Waals surface area (Å²) in [5.41, 5.74) is 3.39. The summed E-state index contributed by atoms with van der Waals surface area (Å²) in [6.07, 6.45) is 0. The van der Waals surface area contributed by atoms with Crippen molar-refractivity contribution in [3.8, 4) is 11.5 Å². The molecule has 0 atom stereocenters. The number of fused-ring (bicyclic) bond motifs is 1. The van der Waals surface area contributed by atoms with E-state index in [4.69, 9.17) is 16.0 Å². The third-order valence-electron chi connectivity index (χ3n) is 2.79. The largest absolute Gasteiger partial charge is 0.435 e. The molecule has 1 heterocycles. The topological polar surface area (TPSA) is 38.1 Å². The number of para-hydroxylation sites is 1. The summed E-state index contributed by atoms with van der Waals surface area (Å²) in [6.45, 7) is 0. The number of anilines is 1. The second-order valence-corrected chi connectivity index (χ2v) is 4.34. The molecule has 2 aromatic carbocycles. The highest BCUT2D eigenvalue weighted by molar-refractivity contribution is 6.34. The number of oxazole rings is 1. The van der Waals surface area contributed by atoms with Crippen LogP contribution >= 0.6 is 11.6 Å². The summed E-state index contributed by atoms with van der Waals surface area (Å²) in [4.78, 5) is 4.43. The zero-order chi connectivity index (χ0) is 12.5. The third-order valence-corrected chi connectivity index (χ3v) is 3.09. The van der Waals surface area contributed by atoms with Gasteiger partial charge in [-0.25, -0.2) is 4.98 Å². The average molecular weight is 259 g/mol. The quantitative estimate of drug-likeness (QED) is 0.749. The first-order valence-electron chi connectivity index (χ1n) is 5.61. The molecule has 3 rings (SSSR count). The Morgan fingerprint density at radius 3 is 2.56 bits per heavy atom. The molecule has 0 fully saturated rings. The van der Waals surface area contributed by atoms with Gasteiger partial charge in [0.2, 0.25) is 5.89 Å². The van der Waals surface area contributed by atoms with E-state index in [1.807, 2.05) is 43.4 Å². The summed E-state index contributed by atoms with van der Waals surface area (Å²) in [6, 6.07) is 13.4. The molecule has 0 bridgehead atoms. The Hall–Kier alpha value is -2.00. The van der Waals surface area contributed by atoms with E-state index in [0.29, 0.717) is 16.5 Å². The van der Waals surface area contributed by atoms with Crippen LogP contribution in [-0.2, 0) is 0 Å². The maximum Gasteiger partial charge on any atom is 0.227 e. The van der Waals surface area contributed by atoms with Gasteiger partial charge in [-0.05, 0) is 36.4 Å². The van der Waals surface area contributed by atoms with E-state index < -0.39 is 0 Å². The van der Waals surface area contributed by atoms with Gasteiger partial charge in [0.25, 0.3) is 0 Å². The van der Waals surface area contributed by atoms with Gasteiger partial charge >= 0.3 is 0 Å².